The first-order chi connectivity index (χ1) is 14.7. The molecule has 0 spiro atoms. The zero-order valence-electron chi connectivity index (χ0n) is 17.0. The molecule has 3 heterocycles. The minimum atomic E-state index is 0.176. The SMILES string of the molecule is CCn1c(SCC(=O)N2CCCC(c3nc4ccccc4[nH]3)C2)nc2ccccc21. The molecule has 2 aromatic carbocycles. The number of carbonyl (C=O) groups excluding carboxylic acids is 1. The number of thioether (sulfide) groups is 1. The molecule has 154 valence electrons. The second-order valence-electron chi connectivity index (χ2n) is 7.73. The van der Waals surface area contributed by atoms with Crippen LogP contribution >= 0.6 is 11.8 Å². The standard InChI is InChI=1S/C23H25N5OS/c1-2-28-20-12-6-5-11-19(20)26-23(28)30-15-21(29)27-13-7-8-16(14-27)22-24-17-9-3-4-10-18(17)25-22/h3-6,9-12,16H,2,7-8,13-15H2,1H3,(H,24,25). The monoisotopic (exact) mass is 419 g/mol. The number of nitrogens with one attached hydrogen (secondary N) is 1. The summed E-state index contributed by atoms with van der Waals surface area (Å²) in [6, 6.07) is 16.2. The van der Waals surface area contributed by atoms with Crippen LogP contribution in [0.2, 0.25) is 0 Å². The maximum absolute atomic E-state index is 13.0. The third-order valence-corrected chi connectivity index (χ3v) is 6.79. The fourth-order valence-corrected chi connectivity index (χ4v) is 5.26. The highest BCUT2D eigenvalue weighted by molar-refractivity contribution is 7.99. The van der Waals surface area contributed by atoms with E-state index >= 15 is 0 Å². The first-order valence-corrected chi connectivity index (χ1v) is 11.5. The van der Waals surface area contributed by atoms with Crippen LogP contribution in [0.4, 0.5) is 0 Å². The van der Waals surface area contributed by atoms with Crippen molar-refractivity contribution in [2.75, 3.05) is 18.8 Å². The van der Waals surface area contributed by atoms with E-state index in [-0.39, 0.29) is 11.8 Å². The Hall–Kier alpha value is -2.80. The topological polar surface area (TPSA) is 66.8 Å². The van der Waals surface area contributed by atoms with Crippen molar-refractivity contribution in [2.45, 2.75) is 37.4 Å². The largest absolute Gasteiger partial charge is 0.342 e. The van der Waals surface area contributed by atoms with Gasteiger partial charge in [0.2, 0.25) is 5.91 Å². The Kier molecular flexibility index (Phi) is 5.21. The number of amides is 1. The molecule has 5 rings (SSSR count). The molecule has 0 saturated carbocycles. The van der Waals surface area contributed by atoms with Gasteiger partial charge in [-0.05, 0) is 44.0 Å². The van der Waals surface area contributed by atoms with E-state index in [0.717, 1.165) is 65.5 Å². The van der Waals surface area contributed by atoms with Gasteiger partial charge in [-0.3, -0.25) is 4.79 Å². The third kappa shape index (κ3) is 3.58. The summed E-state index contributed by atoms with van der Waals surface area (Å²) >= 11 is 1.54. The fourth-order valence-electron chi connectivity index (χ4n) is 4.28. The van der Waals surface area contributed by atoms with Crippen molar-refractivity contribution >= 4 is 39.7 Å². The molecular formula is C23H25N5OS. The fraction of sp³-hybridized carbons (Fsp3) is 0.348. The number of hydrogen-bond acceptors (Lipinski definition) is 4. The zero-order chi connectivity index (χ0) is 20.5. The van der Waals surface area contributed by atoms with Crippen LogP contribution in [0.25, 0.3) is 22.1 Å². The van der Waals surface area contributed by atoms with E-state index in [4.69, 9.17) is 9.97 Å². The summed E-state index contributed by atoms with van der Waals surface area (Å²) in [7, 11) is 0. The maximum Gasteiger partial charge on any atom is 0.233 e. The van der Waals surface area contributed by atoms with Gasteiger partial charge in [-0.15, -0.1) is 0 Å². The van der Waals surface area contributed by atoms with E-state index in [2.05, 4.69) is 22.5 Å². The lowest BCUT2D eigenvalue weighted by molar-refractivity contribution is -0.129. The quantitative estimate of drug-likeness (QED) is 0.486. The summed E-state index contributed by atoms with van der Waals surface area (Å²) in [6.45, 7) is 4.50. The highest BCUT2D eigenvalue weighted by atomic mass is 32.2. The van der Waals surface area contributed by atoms with E-state index in [1.165, 1.54) is 11.8 Å². The normalized spacial score (nSPS) is 17.1. The van der Waals surface area contributed by atoms with Gasteiger partial charge in [0.25, 0.3) is 0 Å². The maximum atomic E-state index is 13.0. The number of rotatable bonds is 5. The van der Waals surface area contributed by atoms with E-state index < -0.39 is 0 Å². The first kappa shape index (κ1) is 19.2. The summed E-state index contributed by atoms with van der Waals surface area (Å²) in [5.41, 5.74) is 4.16. The van der Waals surface area contributed by atoms with Crippen molar-refractivity contribution in [3.05, 3.63) is 54.4 Å². The Morgan fingerprint density at radius 1 is 1.13 bits per heavy atom. The number of aromatic nitrogens is 4. The molecule has 0 radical (unpaired) electrons. The van der Waals surface area contributed by atoms with Crippen LogP contribution < -0.4 is 0 Å². The van der Waals surface area contributed by atoms with E-state index in [1.54, 1.807) is 0 Å². The van der Waals surface area contributed by atoms with Crippen LogP contribution in [-0.2, 0) is 11.3 Å². The number of imidazole rings is 2. The van der Waals surface area contributed by atoms with Crippen molar-refractivity contribution in [3.8, 4) is 0 Å². The number of nitrogens with zero attached hydrogens (tertiary/aromatic N) is 4. The number of likely N-dealkylation sites (tertiary alicyclic amines) is 1. The summed E-state index contributed by atoms with van der Waals surface area (Å²) < 4.78 is 2.18. The number of hydrogen-bond donors (Lipinski definition) is 1. The predicted octanol–water partition coefficient (Wildman–Crippen LogP) is 4.43. The number of aromatic amines is 1. The van der Waals surface area contributed by atoms with Crippen molar-refractivity contribution in [2.24, 2.45) is 0 Å². The smallest absolute Gasteiger partial charge is 0.233 e. The van der Waals surface area contributed by atoms with Crippen molar-refractivity contribution in [1.29, 1.82) is 0 Å². The number of carbonyl (C=O) groups is 1. The van der Waals surface area contributed by atoms with Gasteiger partial charge in [0.05, 0.1) is 27.8 Å². The van der Waals surface area contributed by atoms with Crippen LogP contribution in [0.15, 0.2) is 53.7 Å². The molecule has 1 amide bonds. The van der Waals surface area contributed by atoms with Crippen LogP contribution in [0.5, 0.6) is 0 Å². The lowest BCUT2D eigenvalue weighted by Gasteiger charge is -2.31. The van der Waals surface area contributed by atoms with Gasteiger partial charge in [-0.1, -0.05) is 36.0 Å². The minimum absolute atomic E-state index is 0.176. The second-order valence-corrected chi connectivity index (χ2v) is 8.68. The van der Waals surface area contributed by atoms with E-state index in [0.29, 0.717) is 5.75 Å². The Morgan fingerprint density at radius 3 is 2.77 bits per heavy atom. The molecule has 4 aromatic rings. The van der Waals surface area contributed by atoms with Gasteiger partial charge in [-0.2, -0.15) is 0 Å². The number of para-hydroxylation sites is 4. The third-order valence-electron chi connectivity index (χ3n) is 5.83. The Bertz CT molecular complexity index is 1160. The lowest BCUT2D eigenvalue weighted by atomic mass is 9.97. The molecule has 2 aromatic heterocycles. The highest BCUT2D eigenvalue weighted by Gasteiger charge is 2.27. The van der Waals surface area contributed by atoms with E-state index in [1.807, 2.05) is 47.4 Å². The van der Waals surface area contributed by atoms with Crippen LogP contribution in [0.3, 0.4) is 0 Å². The van der Waals surface area contributed by atoms with Gasteiger partial charge in [0, 0.05) is 25.6 Å². The van der Waals surface area contributed by atoms with Crippen molar-refractivity contribution in [1.82, 2.24) is 24.4 Å². The van der Waals surface area contributed by atoms with Gasteiger partial charge in [0.15, 0.2) is 5.16 Å². The molecule has 0 bridgehead atoms. The summed E-state index contributed by atoms with van der Waals surface area (Å²) in [6.07, 6.45) is 2.06. The molecule has 1 aliphatic rings. The first-order valence-electron chi connectivity index (χ1n) is 10.5. The van der Waals surface area contributed by atoms with Crippen molar-refractivity contribution < 1.29 is 4.79 Å². The molecule has 1 atom stereocenters. The van der Waals surface area contributed by atoms with Crippen LogP contribution in [0, 0.1) is 0 Å². The average molecular weight is 420 g/mol. The second kappa shape index (κ2) is 8.14. The number of fused-ring (bicyclic) bond motifs is 2. The molecule has 1 fully saturated rings. The zero-order valence-corrected chi connectivity index (χ0v) is 17.9. The minimum Gasteiger partial charge on any atom is -0.342 e. The molecule has 1 unspecified atom stereocenters. The number of H-pyrrole nitrogens is 1. The highest BCUT2D eigenvalue weighted by Crippen LogP contribution is 2.28. The average Bonchev–Trinajstić information content (AvgIpc) is 3.38. The number of aryl methyl sites for hydroxylation is 1. The van der Waals surface area contributed by atoms with Gasteiger partial charge >= 0.3 is 0 Å². The molecule has 6 nitrogen and oxygen atoms in total. The molecule has 7 heteroatoms. The molecule has 1 aliphatic heterocycles. The number of piperidine rings is 1. The van der Waals surface area contributed by atoms with Gasteiger partial charge < -0.3 is 14.5 Å². The predicted molar refractivity (Wildman–Crippen MR) is 121 cm³/mol. The van der Waals surface area contributed by atoms with E-state index in [9.17, 15) is 4.79 Å². The molecule has 30 heavy (non-hydrogen) atoms. The van der Waals surface area contributed by atoms with Gasteiger partial charge in [0.1, 0.15) is 5.82 Å². The summed E-state index contributed by atoms with van der Waals surface area (Å²) in [5.74, 6) is 1.85. The summed E-state index contributed by atoms with van der Waals surface area (Å²) in [4.78, 5) is 27.9. The van der Waals surface area contributed by atoms with Crippen molar-refractivity contribution in [3.63, 3.8) is 0 Å². The Morgan fingerprint density at radius 2 is 1.93 bits per heavy atom. The lowest BCUT2D eigenvalue weighted by Crippen LogP contribution is -2.40. The molecule has 1 saturated heterocycles. The Balaban J connectivity index is 1.27. The summed E-state index contributed by atoms with van der Waals surface area (Å²) in [5, 5.41) is 0.915. The number of benzene rings is 2. The van der Waals surface area contributed by atoms with Crippen LogP contribution in [0.1, 0.15) is 31.5 Å². The van der Waals surface area contributed by atoms with Crippen LogP contribution in [-0.4, -0.2) is 49.2 Å². The van der Waals surface area contributed by atoms with Gasteiger partial charge in [-0.25, -0.2) is 9.97 Å². The molecular weight excluding hydrogens is 394 g/mol. The molecule has 1 N–H and O–H groups in total. The Labute approximate surface area is 179 Å². The molecule has 0 aliphatic carbocycles.